The highest BCUT2D eigenvalue weighted by molar-refractivity contribution is 5.46. The minimum Gasteiger partial charge on any atom is -0.392 e. The van der Waals surface area contributed by atoms with Crippen molar-refractivity contribution in [2.24, 2.45) is 0 Å². The topological polar surface area (TPSA) is 65.8 Å². The molecule has 0 unspecified atom stereocenters. The Balaban J connectivity index is 2.12. The lowest BCUT2D eigenvalue weighted by atomic mass is 9.94. The van der Waals surface area contributed by atoms with Crippen molar-refractivity contribution in [1.82, 2.24) is 4.98 Å². The molecule has 1 aromatic rings. The van der Waals surface area contributed by atoms with Crippen molar-refractivity contribution in [1.29, 1.82) is 0 Å². The van der Waals surface area contributed by atoms with E-state index in [9.17, 15) is 14.6 Å². The molecular formula is C13H19FN2O3. The van der Waals surface area contributed by atoms with Crippen LogP contribution < -0.4 is 4.90 Å². The molecule has 2 N–H and O–H groups in total. The van der Waals surface area contributed by atoms with Crippen molar-refractivity contribution in [3.05, 3.63) is 23.6 Å². The van der Waals surface area contributed by atoms with E-state index >= 15 is 0 Å². The van der Waals surface area contributed by atoms with Crippen molar-refractivity contribution in [3.8, 4) is 0 Å². The van der Waals surface area contributed by atoms with Gasteiger partial charge in [-0.05, 0) is 6.07 Å². The van der Waals surface area contributed by atoms with Crippen LogP contribution in [-0.4, -0.2) is 47.6 Å². The van der Waals surface area contributed by atoms with Crippen molar-refractivity contribution >= 4 is 5.82 Å². The molecule has 2 rings (SSSR count). The molecule has 0 spiro atoms. The number of hydrogen-bond acceptors (Lipinski definition) is 5. The Kier molecular flexibility index (Phi) is 4.34. The van der Waals surface area contributed by atoms with Crippen LogP contribution in [0.25, 0.3) is 0 Å². The number of aliphatic hydroxyl groups is 2. The molecule has 0 aliphatic carbocycles. The molecule has 0 amide bonds. The van der Waals surface area contributed by atoms with Crippen LogP contribution in [-0.2, 0) is 11.3 Å². The normalized spacial score (nSPS) is 18.3. The lowest BCUT2D eigenvalue weighted by Gasteiger charge is -2.36. The van der Waals surface area contributed by atoms with Gasteiger partial charge in [0.1, 0.15) is 11.6 Å². The second-order valence-electron chi connectivity index (χ2n) is 4.99. The number of anilines is 1. The van der Waals surface area contributed by atoms with Crippen LogP contribution in [0.5, 0.6) is 0 Å². The van der Waals surface area contributed by atoms with Gasteiger partial charge in [0.25, 0.3) is 0 Å². The number of ether oxygens (including phenoxy) is 1. The lowest BCUT2D eigenvalue weighted by Crippen LogP contribution is -2.46. The maximum Gasteiger partial charge on any atom is 0.142 e. The fourth-order valence-corrected chi connectivity index (χ4v) is 2.36. The summed E-state index contributed by atoms with van der Waals surface area (Å²) in [4.78, 5) is 5.74. The maximum absolute atomic E-state index is 13.1. The summed E-state index contributed by atoms with van der Waals surface area (Å²) >= 11 is 0. The van der Waals surface area contributed by atoms with Gasteiger partial charge >= 0.3 is 0 Å². The quantitative estimate of drug-likeness (QED) is 0.842. The zero-order valence-electron chi connectivity index (χ0n) is 11.0. The summed E-state index contributed by atoms with van der Waals surface area (Å²) in [6, 6.07) is 1.26. The molecule has 6 heteroatoms. The molecule has 0 radical (unpaired) electrons. The van der Waals surface area contributed by atoms with Crippen molar-refractivity contribution in [3.63, 3.8) is 0 Å². The van der Waals surface area contributed by atoms with E-state index in [1.807, 2.05) is 0 Å². The number of aromatic nitrogens is 1. The molecule has 19 heavy (non-hydrogen) atoms. The first-order valence-corrected chi connectivity index (χ1v) is 6.31. The van der Waals surface area contributed by atoms with Crippen LogP contribution in [0.15, 0.2) is 12.3 Å². The highest BCUT2D eigenvalue weighted by Gasteiger charge is 2.31. The van der Waals surface area contributed by atoms with E-state index in [2.05, 4.69) is 4.98 Å². The molecule has 2 heterocycles. The van der Waals surface area contributed by atoms with E-state index in [4.69, 9.17) is 4.74 Å². The predicted molar refractivity (Wildman–Crippen MR) is 68.4 cm³/mol. The van der Waals surface area contributed by atoms with Gasteiger partial charge < -0.3 is 19.8 Å². The Bertz CT molecular complexity index is 436. The first kappa shape index (κ1) is 14.2. The number of nitrogens with zero attached hydrogens (tertiary/aromatic N) is 2. The van der Waals surface area contributed by atoms with Gasteiger partial charge in [-0.2, -0.15) is 0 Å². The van der Waals surface area contributed by atoms with E-state index in [-0.39, 0.29) is 6.61 Å². The van der Waals surface area contributed by atoms with E-state index in [0.717, 1.165) is 6.20 Å². The fourth-order valence-electron chi connectivity index (χ4n) is 2.36. The molecule has 106 valence electrons. The number of rotatable bonds is 4. The zero-order chi connectivity index (χ0) is 13.9. The molecule has 1 saturated heterocycles. The molecule has 1 fully saturated rings. The highest BCUT2D eigenvalue weighted by Crippen LogP contribution is 2.25. The molecule has 1 aliphatic heterocycles. The monoisotopic (exact) mass is 270 g/mol. The van der Waals surface area contributed by atoms with Gasteiger partial charge in [0.05, 0.1) is 18.4 Å². The third-order valence-electron chi connectivity index (χ3n) is 3.40. The van der Waals surface area contributed by atoms with Crippen LogP contribution in [0.1, 0.15) is 18.4 Å². The van der Waals surface area contributed by atoms with E-state index in [1.54, 1.807) is 11.9 Å². The Hall–Kier alpha value is -1.24. The van der Waals surface area contributed by atoms with E-state index in [0.29, 0.717) is 44.0 Å². The number of likely N-dealkylation sites (N-methyl/N-ethyl adjacent to an activating group) is 1. The fraction of sp³-hybridized carbons (Fsp3) is 0.615. The van der Waals surface area contributed by atoms with Crippen LogP contribution in [0.2, 0.25) is 0 Å². The van der Waals surface area contributed by atoms with E-state index in [1.165, 1.54) is 6.07 Å². The molecule has 1 aliphatic rings. The zero-order valence-corrected chi connectivity index (χ0v) is 11.0. The summed E-state index contributed by atoms with van der Waals surface area (Å²) in [6.45, 7) is 1.16. The summed E-state index contributed by atoms with van der Waals surface area (Å²) in [5.74, 6) is 0.00907. The van der Waals surface area contributed by atoms with Gasteiger partial charge in [0.15, 0.2) is 0 Å². The minimum absolute atomic E-state index is 0.286. The Morgan fingerprint density at radius 2 is 2.16 bits per heavy atom. The number of aliphatic hydroxyl groups excluding tert-OH is 1. The van der Waals surface area contributed by atoms with Crippen molar-refractivity contribution in [2.75, 3.05) is 31.7 Å². The Labute approximate surface area is 111 Å². The lowest BCUT2D eigenvalue weighted by molar-refractivity contribution is -0.0573. The van der Waals surface area contributed by atoms with Crippen LogP contribution in [0.3, 0.4) is 0 Å². The second-order valence-corrected chi connectivity index (χ2v) is 4.99. The van der Waals surface area contributed by atoms with Gasteiger partial charge in [-0.1, -0.05) is 0 Å². The van der Waals surface area contributed by atoms with Crippen LogP contribution in [0.4, 0.5) is 10.2 Å². The first-order chi connectivity index (χ1) is 9.04. The number of pyridine rings is 1. The molecule has 0 bridgehead atoms. The number of halogens is 1. The molecule has 0 atom stereocenters. The van der Waals surface area contributed by atoms with Gasteiger partial charge in [-0.25, -0.2) is 9.37 Å². The minimum atomic E-state index is -0.824. The summed E-state index contributed by atoms with van der Waals surface area (Å²) in [7, 11) is 1.77. The summed E-state index contributed by atoms with van der Waals surface area (Å²) in [5, 5.41) is 19.7. The smallest absolute Gasteiger partial charge is 0.142 e. The predicted octanol–water partition coefficient (Wildman–Crippen LogP) is 0.691. The molecule has 1 aromatic heterocycles. The summed E-state index contributed by atoms with van der Waals surface area (Å²) in [6.07, 6.45) is 2.24. The van der Waals surface area contributed by atoms with Gasteiger partial charge in [-0.15, -0.1) is 0 Å². The average Bonchev–Trinajstić information content (AvgIpc) is 2.38. The SMILES string of the molecule is CN(CC1(O)CCOCC1)c1ncc(F)cc1CO. The third kappa shape index (κ3) is 3.40. The second kappa shape index (κ2) is 5.81. The van der Waals surface area contributed by atoms with Crippen LogP contribution in [0, 0.1) is 5.82 Å². The summed E-state index contributed by atoms with van der Waals surface area (Å²) in [5.41, 5.74) is -0.409. The third-order valence-corrected chi connectivity index (χ3v) is 3.40. The standard InChI is InChI=1S/C13H19FN2O3/c1-16(9-13(18)2-4-19-5-3-13)12-10(8-17)6-11(14)7-15-12/h6-7,17-18H,2-5,8-9H2,1H3. The van der Waals surface area contributed by atoms with Gasteiger partial charge in [0, 0.05) is 45.2 Å². The Morgan fingerprint density at radius 1 is 1.47 bits per heavy atom. The van der Waals surface area contributed by atoms with E-state index < -0.39 is 11.4 Å². The summed E-state index contributed by atoms with van der Waals surface area (Å²) < 4.78 is 18.3. The van der Waals surface area contributed by atoms with Crippen LogP contribution >= 0.6 is 0 Å². The molecule has 0 aromatic carbocycles. The number of hydrogen-bond donors (Lipinski definition) is 2. The van der Waals surface area contributed by atoms with Crippen molar-refractivity contribution < 1.29 is 19.3 Å². The first-order valence-electron chi connectivity index (χ1n) is 6.31. The highest BCUT2D eigenvalue weighted by atomic mass is 19.1. The Morgan fingerprint density at radius 3 is 2.79 bits per heavy atom. The average molecular weight is 270 g/mol. The molecular weight excluding hydrogens is 251 g/mol. The maximum atomic E-state index is 13.1. The van der Waals surface area contributed by atoms with Crippen molar-refractivity contribution in [2.45, 2.75) is 25.0 Å². The largest absolute Gasteiger partial charge is 0.392 e. The van der Waals surface area contributed by atoms with Gasteiger partial charge in [-0.3, -0.25) is 0 Å². The molecule has 0 saturated carbocycles. The molecule has 5 nitrogen and oxygen atoms in total. The van der Waals surface area contributed by atoms with Gasteiger partial charge in [0.2, 0.25) is 0 Å².